The number of hydrogen-bond donors (Lipinski definition) is 1. The molecule has 0 aliphatic carbocycles. The normalized spacial score (nSPS) is 14.8. The van der Waals surface area contributed by atoms with Crippen LogP contribution in [0.15, 0.2) is 0 Å². The van der Waals surface area contributed by atoms with Crippen LogP contribution < -0.4 is 5.73 Å². The van der Waals surface area contributed by atoms with Gasteiger partial charge in [0.25, 0.3) is 0 Å². The molecule has 3 nitrogen and oxygen atoms in total. The summed E-state index contributed by atoms with van der Waals surface area (Å²) in [4.78, 5) is 0. The van der Waals surface area contributed by atoms with Gasteiger partial charge < -0.3 is 15.2 Å². The molecule has 0 fully saturated rings. The largest absolute Gasteiger partial charge is 0.384 e. The third-order valence-electron chi connectivity index (χ3n) is 3.47. The summed E-state index contributed by atoms with van der Waals surface area (Å²) in [7, 11) is 3.53. The molecule has 0 saturated heterocycles. The van der Waals surface area contributed by atoms with E-state index in [1.54, 1.807) is 14.2 Å². The van der Waals surface area contributed by atoms with E-state index in [0.717, 1.165) is 32.6 Å². The van der Waals surface area contributed by atoms with Crippen LogP contribution in [0.5, 0.6) is 0 Å². The summed E-state index contributed by atoms with van der Waals surface area (Å²) in [6.45, 7) is 11.4. The van der Waals surface area contributed by atoms with E-state index >= 15 is 0 Å². The quantitative estimate of drug-likeness (QED) is 0.656. The summed E-state index contributed by atoms with van der Waals surface area (Å²) in [5, 5.41) is 0. The zero-order chi connectivity index (χ0) is 14.2. The average Bonchev–Trinajstić information content (AvgIpc) is 2.24. The first kappa shape index (κ1) is 17.9. The van der Waals surface area contributed by atoms with Crippen molar-refractivity contribution in [3.05, 3.63) is 0 Å². The van der Waals surface area contributed by atoms with E-state index in [2.05, 4.69) is 27.7 Å². The highest BCUT2D eigenvalue weighted by molar-refractivity contribution is 4.77. The molecule has 110 valence electrons. The van der Waals surface area contributed by atoms with Crippen molar-refractivity contribution >= 4 is 0 Å². The first-order chi connectivity index (χ1) is 8.26. The number of ether oxygens (including phenoxy) is 2. The second-order valence-corrected chi connectivity index (χ2v) is 7.04. The van der Waals surface area contributed by atoms with Crippen molar-refractivity contribution in [2.75, 3.05) is 34.0 Å². The van der Waals surface area contributed by atoms with Crippen LogP contribution >= 0.6 is 0 Å². The van der Waals surface area contributed by atoms with E-state index in [9.17, 15) is 0 Å². The Labute approximate surface area is 113 Å². The summed E-state index contributed by atoms with van der Waals surface area (Å²) in [5.74, 6) is 0.575. The van der Waals surface area contributed by atoms with Gasteiger partial charge in [-0.1, -0.05) is 27.7 Å². The molecule has 0 aromatic carbocycles. The van der Waals surface area contributed by atoms with Crippen LogP contribution in [0.25, 0.3) is 0 Å². The van der Waals surface area contributed by atoms with Gasteiger partial charge >= 0.3 is 0 Å². The molecule has 0 spiro atoms. The highest BCUT2D eigenvalue weighted by atomic mass is 16.5. The average molecular weight is 259 g/mol. The number of methoxy groups -OCH3 is 2. The van der Waals surface area contributed by atoms with Crippen molar-refractivity contribution in [1.29, 1.82) is 0 Å². The third-order valence-corrected chi connectivity index (χ3v) is 3.47. The van der Waals surface area contributed by atoms with Gasteiger partial charge in [0.2, 0.25) is 0 Å². The van der Waals surface area contributed by atoms with Crippen LogP contribution in [0.4, 0.5) is 0 Å². The summed E-state index contributed by atoms with van der Waals surface area (Å²) in [6, 6.07) is 0. The molecule has 0 aromatic heterocycles. The lowest BCUT2D eigenvalue weighted by molar-refractivity contribution is 0.0729. The zero-order valence-corrected chi connectivity index (χ0v) is 13.2. The summed E-state index contributed by atoms with van der Waals surface area (Å²) in [6.07, 6.45) is 3.45. The Bertz CT molecular complexity index is 215. The zero-order valence-electron chi connectivity index (χ0n) is 13.2. The SMILES string of the molecule is COCC(C)(C)CCC(CN)CC(C)(C)COC. The van der Waals surface area contributed by atoms with E-state index in [1.807, 2.05) is 0 Å². The maximum absolute atomic E-state index is 5.91. The lowest BCUT2D eigenvalue weighted by Gasteiger charge is -2.31. The predicted molar refractivity (Wildman–Crippen MR) is 77.7 cm³/mol. The number of rotatable bonds is 10. The van der Waals surface area contributed by atoms with Gasteiger partial charge in [-0.15, -0.1) is 0 Å². The maximum atomic E-state index is 5.91. The second-order valence-electron chi connectivity index (χ2n) is 7.04. The molecule has 0 bridgehead atoms. The Kier molecular flexibility index (Phi) is 8.08. The fourth-order valence-electron chi connectivity index (χ4n) is 2.59. The standard InChI is InChI=1S/C15H33NO2/c1-14(2,11-17-5)8-7-13(10-16)9-15(3,4)12-18-6/h13H,7-12,16H2,1-6H3. The molecule has 0 saturated carbocycles. The van der Waals surface area contributed by atoms with Gasteiger partial charge in [-0.2, -0.15) is 0 Å². The minimum atomic E-state index is 0.212. The van der Waals surface area contributed by atoms with Crippen molar-refractivity contribution in [3.8, 4) is 0 Å². The summed E-state index contributed by atoms with van der Waals surface area (Å²) >= 11 is 0. The lowest BCUT2D eigenvalue weighted by Crippen LogP contribution is -2.28. The minimum absolute atomic E-state index is 0.212. The van der Waals surface area contributed by atoms with Crippen molar-refractivity contribution in [3.63, 3.8) is 0 Å². The molecule has 0 aliphatic heterocycles. The van der Waals surface area contributed by atoms with Crippen LogP contribution in [-0.2, 0) is 9.47 Å². The fraction of sp³-hybridized carbons (Fsp3) is 1.00. The van der Waals surface area contributed by atoms with Gasteiger partial charge in [-0.25, -0.2) is 0 Å². The Morgan fingerprint density at radius 1 is 0.944 bits per heavy atom. The second kappa shape index (κ2) is 8.13. The Morgan fingerprint density at radius 2 is 1.44 bits per heavy atom. The molecule has 0 amide bonds. The molecule has 1 atom stereocenters. The van der Waals surface area contributed by atoms with Crippen LogP contribution in [0, 0.1) is 16.7 Å². The minimum Gasteiger partial charge on any atom is -0.384 e. The number of hydrogen-bond acceptors (Lipinski definition) is 3. The van der Waals surface area contributed by atoms with Crippen molar-refractivity contribution in [1.82, 2.24) is 0 Å². The van der Waals surface area contributed by atoms with E-state index in [-0.39, 0.29) is 10.8 Å². The third kappa shape index (κ3) is 8.06. The van der Waals surface area contributed by atoms with Crippen molar-refractivity contribution < 1.29 is 9.47 Å². The number of nitrogens with two attached hydrogens (primary N) is 1. The Hall–Kier alpha value is -0.120. The molecule has 0 heterocycles. The van der Waals surface area contributed by atoms with Gasteiger partial charge in [0, 0.05) is 14.2 Å². The molecule has 0 aromatic rings. The topological polar surface area (TPSA) is 44.5 Å². The molecule has 0 radical (unpaired) electrons. The van der Waals surface area contributed by atoms with E-state index in [0.29, 0.717) is 5.92 Å². The van der Waals surface area contributed by atoms with Crippen LogP contribution in [0.1, 0.15) is 47.0 Å². The maximum Gasteiger partial charge on any atom is 0.0513 e. The van der Waals surface area contributed by atoms with Crippen LogP contribution in [-0.4, -0.2) is 34.0 Å². The molecule has 0 rings (SSSR count). The fourth-order valence-corrected chi connectivity index (χ4v) is 2.59. The molecular formula is C15H33NO2. The molecular weight excluding hydrogens is 226 g/mol. The van der Waals surface area contributed by atoms with Crippen molar-refractivity contribution in [2.45, 2.75) is 47.0 Å². The monoisotopic (exact) mass is 259 g/mol. The first-order valence-electron chi connectivity index (χ1n) is 6.94. The highest BCUT2D eigenvalue weighted by Crippen LogP contribution is 2.31. The van der Waals surface area contributed by atoms with E-state index < -0.39 is 0 Å². The molecule has 0 aliphatic rings. The first-order valence-corrected chi connectivity index (χ1v) is 6.94. The smallest absolute Gasteiger partial charge is 0.0513 e. The Morgan fingerprint density at radius 3 is 1.89 bits per heavy atom. The van der Waals surface area contributed by atoms with E-state index in [4.69, 9.17) is 15.2 Å². The molecule has 2 N–H and O–H groups in total. The van der Waals surface area contributed by atoms with Gasteiger partial charge in [0.1, 0.15) is 0 Å². The van der Waals surface area contributed by atoms with Crippen LogP contribution in [0.3, 0.4) is 0 Å². The summed E-state index contributed by atoms with van der Waals surface area (Å²) < 4.78 is 10.5. The van der Waals surface area contributed by atoms with Gasteiger partial charge in [0.15, 0.2) is 0 Å². The molecule has 3 heteroatoms. The van der Waals surface area contributed by atoms with Gasteiger partial charge in [-0.3, -0.25) is 0 Å². The summed E-state index contributed by atoms with van der Waals surface area (Å²) in [5.41, 5.74) is 6.36. The van der Waals surface area contributed by atoms with Crippen LogP contribution in [0.2, 0.25) is 0 Å². The highest BCUT2D eigenvalue weighted by Gasteiger charge is 2.25. The molecule has 18 heavy (non-hydrogen) atoms. The van der Waals surface area contributed by atoms with Gasteiger partial charge in [-0.05, 0) is 42.6 Å². The Balaban J connectivity index is 4.19. The lowest BCUT2D eigenvalue weighted by atomic mass is 9.78. The van der Waals surface area contributed by atoms with Gasteiger partial charge in [0.05, 0.1) is 13.2 Å². The van der Waals surface area contributed by atoms with Crippen molar-refractivity contribution in [2.24, 2.45) is 22.5 Å². The predicted octanol–water partition coefficient (Wildman–Crippen LogP) is 3.08. The molecule has 1 unspecified atom stereocenters. The van der Waals surface area contributed by atoms with E-state index in [1.165, 1.54) is 6.42 Å².